The van der Waals surface area contributed by atoms with Crippen molar-refractivity contribution in [2.75, 3.05) is 13.7 Å². The second-order valence-corrected chi connectivity index (χ2v) is 6.40. The number of hydrogen-bond acceptors (Lipinski definition) is 5. The minimum atomic E-state index is -0.705. The lowest BCUT2D eigenvalue weighted by Crippen LogP contribution is -2.58. The highest BCUT2D eigenvalue weighted by atomic mass is 32.1. The molecule has 0 aliphatic carbocycles. The molecule has 2 atom stereocenters. The van der Waals surface area contributed by atoms with Crippen LogP contribution in [0.4, 0.5) is 0 Å². The van der Waals surface area contributed by atoms with E-state index in [2.05, 4.69) is 11.6 Å². The Morgan fingerprint density at radius 1 is 1.50 bits per heavy atom. The Morgan fingerprint density at radius 3 is 2.82 bits per heavy atom. The number of thiazole rings is 1. The normalized spacial score (nSPS) is 18.9. The van der Waals surface area contributed by atoms with Crippen LogP contribution in [0.25, 0.3) is 10.2 Å². The Labute approximate surface area is 132 Å². The summed E-state index contributed by atoms with van der Waals surface area (Å²) in [7, 11) is 1.31. The van der Waals surface area contributed by atoms with Gasteiger partial charge in [0.2, 0.25) is 5.91 Å². The van der Waals surface area contributed by atoms with Crippen LogP contribution >= 0.6 is 11.3 Å². The Bertz CT molecular complexity index is 735. The number of para-hydroxylation sites is 1. The number of esters is 1. The van der Waals surface area contributed by atoms with Gasteiger partial charge in [0.15, 0.2) is 6.04 Å². The summed E-state index contributed by atoms with van der Waals surface area (Å²) < 4.78 is 5.82. The van der Waals surface area contributed by atoms with Gasteiger partial charge in [0.05, 0.1) is 17.3 Å². The number of fused-ring (bicyclic) bond motifs is 1. The predicted octanol–water partition coefficient (Wildman–Crippen LogP) is 2.34. The second kappa shape index (κ2) is 5.53. The van der Waals surface area contributed by atoms with Gasteiger partial charge < -0.3 is 9.64 Å². The third-order valence-electron chi connectivity index (χ3n) is 3.77. The zero-order valence-corrected chi connectivity index (χ0v) is 13.2. The van der Waals surface area contributed by atoms with Crippen LogP contribution in [0.5, 0.6) is 0 Å². The molecule has 0 spiro atoms. The molecule has 0 radical (unpaired) electrons. The van der Waals surface area contributed by atoms with Gasteiger partial charge in [-0.2, -0.15) is 0 Å². The zero-order chi connectivity index (χ0) is 15.9. The molecule has 2 aromatic rings. The number of β-lactam (4-membered cyclic amide) rings is 1. The number of aromatic nitrogens is 1. The van der Waals surface area contributed by atoms with Crippen LogP contribution in [-0.4, -0.2) is 41.5 Å². The Kier molecular flexibility index (Phi) is 3.70. The smallest absolute Gasteiger partial charge is 0.332 e. The number of ether oxygens (including phenoxy) is 1. The van der Waals surface area contributed by atoms with Crippen LogP contribution in [-0.2, 0) is 14.3 Å². The molecule has 1 unspecified atom stereocenters. The molecule has 1 aliphatic heterocycles. The van der Waals surface area contributed by atoms with E-state index in [1.54, 1.807) is 6.92 Å². The zero-order valence-electron chi connectivity index (χ0n) is 12.4. The van der Waals surface area contributed by atoms with E-state index in [-0.39, 0.29) is 11.8 Å². The van der Waals surface area contributed by atoms with Gasteiger partial charge in [-0.25, -0.2) is 9.78 Å². The fraction of sp³-hybridized carbons (Fsp3) is 0.312. The number of rotatable bonds is 4. The second-order valence-electron chi connectivity index (χ2n) is 5.34. The number of carbonyl (C=O) groups is 2. The maximum Gasteiger partial charge on any atom is 0.332 e. The van der Waals surface area contributed by atoms with E-state index in [1.807, 2.05) is 24.3 Å². The molecular weight excluding hydrogens is 300 g/mol. The third-order valence-corrected chi connectivity index (χ3v) is 4.92. The van der Waals surface area contributed by atoms with E-state index in [9.17, 15) is 9.59 Å². The summed E-state index contributed by atoms with van der Waals surface area (Å²) in [6.07, 6.45) is 0. The number of nitrogens with zero attached hydrogens (tertiary/aromatic N) is 2. The highest BCUT2D eigenvalue weighted by molar-refractivity contribution is 7.18. The van der Waals surface area contributed by atoms with Gasteiger partial charge in [0.1, 0.15) is 10.9 Å². The number of carbonyl (C=O) groups excluding carboxylic acids is 2. The van der Waals surface area contributed by atoms with Crippen LogP contribution < -0.4 is 0 Å². The van der Waals surface area contributed by atoms with Gasteiger partial charge in [0, 0.05) is 6.54 Å². The van der Waals surface area contributed by atoms with Crippen molar-refractivity contribution in [1.29, 1.82) is 0 Å². The molecule has 1 fully saturated rings. The molecule has 6 heteroatoms. The third kappa shape index (κ3) is 2.29. The Balaban J connectivity index is 1.81. The molecule has 0 bridgehead atoms. The number of methoxy groups -OCH3 is 1. The van der Waals surface area contributed by atoms with Crippen molar-refractivity contribution in [1.82, 2.24) is 9.88 Å². The van der Waals surface area contributed by atoms with E-state index >= 15 is 0 Å². The molecule has 1 aromatic carbocycles. The van der Waals surface area contributed by atoms with Crippen molar-refractivity contribution >= 4 is 33.4 Å². The van der Waals surface area contributed by atoms with Crippen molar-refractivity contribution < 1.29 is 14.3 Å². The molecule has 1 amide bonds. The first kappa shape index (κ1) is 14.7. The summed E-state index contributed by atoms with van der Waals surface area (Å²) in [5.74, 6) is -0.829. The molecule has 22 heavy (non-hydrogen) atoms. The summed E-state index contributed by atoms with van der Waals surface area (Å²) in [6.45, 7) is 5.97. The van der Waals surface area contributed by atoms with E-state index in [1.165, 1.54) is 23.3 Å². The molecule has 2 heterocycles. The first-order valence-electron chi connectivity index (χ1n) is 6.92. The first-order chi connectivity index (χ1) is 10.5. The lowest BCUT2D eigenvalue weighted by Gasteiger charge is -2.41. The molecule has 1 aromatic heterocycles. The average Bonchev–Trinajstić information content (AvgIpc) is 2.92. The predicted molar refractivity (Wildman–Crippen MR) is 84.7 cm³/mol. The molecule has 0 saturated carbocycles. The lowest BCUT2D eigenvalue weighted by atomic mass is 9.94. The minimum absolute atomic E-state index is 0.0996. The van der Waals surface area contributed by atoms with E-state index in [0.29, 0.717) is 12.1 Å². The van der Waals surface area contributed by atoms with Gasteiger partial charge in [-0.15, -0.1) is 11.3 Å². The van der Waals surface area contributed by atoms with E-state index in [0.717, 1.165) is 15.2 Å². The molecule has 3 rings (SSSR count). The first-order valence-corrected chi connectivity index (χ1v) is 7.73. The van der Waals surface area contributed by atoms with Gasteiger partial charge >= 0.3 is 5.97 Å². The number of hydrogen-bond donors (Lipinski definition) is 0. The van der Waals surface area contributed by atoms with Crippen LogP contribution in [0.2, 0.25) is 0 Å². The summed E-state index contributed by atoms with van der Waals surface area (Å²) in [5, 5.41) is 0.799. The largest absolute Gasteiger partial charge is 0.467 e. The molecule has 5 nitrogen and oxygen atoms in total. The average molecular weight is 316 g/mol. The maximum atomic E-state index is 12.4. The topological polar surface area (TPSA) is 59.5 Å². The molecule has 114 valence electrons. The van der Waals surface area contributed by atoms with Crippen molar-refractivity contribution in [3.8, 4) is 0 Å². The number of benzene rings is 1. The summed E-state index contributed by atoms with van der Waals surface area (Å²) in [6, 6.07) is 7.09. The van der Waals surface area contributed by atoms with Crippen molar-refractivity contribution in [3.63, 3.8) is 0 Å². The molecule has 1 aliphatic rings. The van der Waals surface area contributed by atoms with E-state index < -0.39 is 12.0 Å². The number of amides is 1. The standard InChI is InChI=1S/C16H16N2O3S/c1-9(2)13(16(20)21-3)18-8-10(15(18)19)14-17-11-6-4-5-7-12(11)22-14/h4-7,10,13H,1,8H2,2-3H3/t10-,13?/m0/s1. The van der Waals surface area contributed by atoms with Gasteiger partial charge in [-0.05, 0) is 24.6 Å². The molecular formula is C16H16N2O3S. The highest BCUT2D eigenvalue weighted by Gasteiger charge is 2.46. The van der Waals surface area contributed by atoms with Crippen LogP contribution in [0.3, 0.4) is 0 Å². The SMILES string of the molecule is C=C(C)C(C(=O)OC)N1C[C@@H](c2nc3ccccc3s2)C1=O. The molecule has 1 saturated heterocycles. The summed E-state index contributed by atoms with van der Waals surface area (Å²) in [5.41, 5.74) is 1.50. The van der Waals surface area contributed by atoms with Gasteiger partial charge in [0.25, 0.3) is 0 Å². The Hall–Kier alpha value is -2.21. The van der Waals surface area contributed by atoms with Crippen molar-refractivity contribution in [2.24, 2.45) is 0 Å². The van der Waals surface area contributed by atoms with Gasteiger partial charge in [-0.3, -0.25) is 4.79 Å². The van der Waals surface area contributed by atoms with E-state index in [4.69, 9.17) is 4.74 Å². The maximum absolute atomic E-state index is 12.4. The fourth-order valence-electron chi connectivity index (χ4n) is 2.61. The number of likely N-dealkylation sites (tertiary alicyclic amines) is 1. The lowest BCUT2D eigenvalue weighted by molar-refractivity contribution is -0.158. The Morgan fingerprint density at radius 2 is 2.23 bits per heavy atom. The van der Waals surface area contributed by atoms with Crippen molar-refractivity contribution in [3.05, 3.63) is 41.4 Å². The highest BCUT2D eigenvalue weighted by Crippen LogP contribution is 2.36. The fourth-order valence-corrected chi connectivity index (χ4v) is 3.67. The van der Waals surface area contributed by atoms with Gasteiger partial charge in [-0.1, -0.05) is 18.7 Å². The van der Waals surface area contributed by atoms with Crippen LogP contribution in [0, 0.1) is 0 Å². The monoisotopic (exact) mass is 316 g/mol. The minimum Gasteiger partial charge on any atom is -0.467 e. The molecule has 0 N–H and O–H groups in total. The van der Waals surface area contributed by atoms with Crippen LogP contribution in [0.1, 0.15) is 17.8 Å². The summed E-state index contributed by atoms with van der Waals surface area (Å²) in [4.78, 5) is 30.3. The summed E-state index contributed by atoms with van der Waals surface area (Å²) >= 11 is 1.52. The van der Waals surface area contributed by atoms with Crippen molar-refractivity contribution in [2.45, 2.75) is 18.9 Å². The quantitative estimate of drug-likeness (QED) is 0.493. The van der Waals surface area contributed by atoms with Crippen LogP contribution in [0.15, 0.2) is 36.4 Å².